The van der Waals surface area contributed by atoms with Crippen LogP contribution in [0.1, 0.15) is 90.4 Å². The predicted molar refractivity (Wildman–Crippen MR) is 207 cm³/mol. The van der Waals surface area contributed by atoms with Crippen molar-refractivity contribution >= 4 is 40.8 Å². The van der Waals surface area contributed by atoms with Gasteiger partial charge >= 0.3 is 0 Å². The van der Waals surface area contributed by atoms with Crippen molar-refractivity contribution in [3.05, 3.63) is 79.4 Å². The van der Waals surface area contributed by atoms with E-state index in [1.165, 1.54) is 0 Å². The molecule has 1 aliphatic heterocycles. The SMILES string of the molecule is C#C.C=C.C=C/C(=C\C=C/C)C(C)(C)NC(=O)c1ccc(NCC(=O)N2CCC[C@H]2C(=O)NC2CC2)cc1.CC(C)C.O=CNS(=O)C1CC1. The molecule has 0 spiro atoms. The summed E-state index contributed by atoms with van der Waals surface area (Å²) in [7, 11) is -1.08. The molecule has 4 amide bonds. The lowest BCUT2D eigenvalue weighted by Gasteiger charge is -2.28. The van der Waals surface area contributed by atoms with Crippen LogP contribution in [0.15, 0.2) is 73.9 Å². The zero-order valence-corrected chi connectivity index (χ0v) is 31.7. The van der Waals surface area contributed by atoms with Gasteiger partial charge in [-0.15, -0.1) is 26.0 Å². The molecule has 3 fully saturated rings. The van der Waals surface area contributed by atoms with Crippen molar-refractivity contribution in [2.75, 3.05) is 18.4 Å². The average molecular weight is 710 g/mol. The first kappa shape index (κ1) is 45.6. The van der Waals surface area contributed by atoms with Crippen LogP contribution in [-0.2, 0) is 25.4 Å². The Morgan fingerprint density at radius 2 is 1.62 bits per heavy atom. The molecule has 3 aliphatic rings. The van der Waals surface area contributed by atoms with E-state index in [4.69, 9.17) is 0 Å². The molecule has 0 aromatic heterocycles. The maximum absolute atomic E-state index is 12.8. The molecule has 1 aromatic carbocycles. The number of allylic oxidation sites excluding steroid dienone is 3. The van der Waals surface area contributed by atoms with Crippen LogP contribution in [0.3, 0.4) is 0 Å². The standard InChI is InChI=1S/C27H36N4O3.C4H7NO2S.C4H10.C2H4.C2H2/c1-5-7-9-20(6-2)27(3,4)30-25(33)19-11-13-21(14-12-19)28-18-24(32)31-17-8-10-23(31)26(34)29-22-15-16-22;6-3-5-8(7)4-1-2-4;1-4(2)3;2*1-2/h5-7,9,11-14,22-23,28H,2,8,10,15-18H2,1,3-4H3,(H,29,34)(H,30,33);3-4H,1-2H2,(H,5,6);4H,1-3H3;1-2H2;1-2H/b7-5-,20-9+;;;;/t23-;;;;/m0..../s1. The summed E-state index contributed by atoms with van der Waals surface area (Å²) in [5.74, 6) is 0.510. The number of hydrogen-bond donors (Lipinski definition) is 4. The van der Waals surface area contributed by atoms with Gasteiger partial charge < -0.3 is 20.9 Å². The third-order valence-corrected chi connectivity index (χ3v) is 8.62. The highest BCUT2D eigenvalue weighted by molar-refractivity contribution is 7.84. The Balaban J connectivity index is 0.00000125. The average Bonchev–Trinajstić information content (AvgIpc) is 4.04. The van der Waals surface area contributed by atoms with E-state index in [2.05, 4.69) is 74.0 Å². The van der Waals surface area contributed by atoms with Gasteiger partial charge in [-0.2, -0.15) is 0 Å². The Kier molecular flexibility index (Phi) is 22.5. The Morgan fingerprint density at radius 1 is 1.04 bits per heavy atom. The van der Waals surface area contributed by atoms with E-state index in [1.807, 2.05) is 39.0 Å². The molecule has 1 saturated heterocycles. The van der Waals surface area contributed by atoms with Gasteiger partial charge in [0.2, 0.25) is 18.2 Å². The molecule has 1 heterocycles. The summed E-state index contributed by atoms with van der Waals surface area (Å²) in [6.45, 7) is 22.8. The Labute approximate surface area is 303 Å². The summed E-state index contributed by atoms with van der Waals surface area (Å²) in [4.78, 5) is 49.3. The number of carbonyl (C=O) groups excluding carboxylic acids is 4. The summed E-state index contributed by atoms with van der Waals surface area (Å²) < 4.78 is 12.8. The minimum atomic E-state index is -1.08. The maximum Gasteiger partial charge on any atom is 0.251 e. The number of benzene rings is 1. The van der Waals surface area contributed by atoms with E-state index in [0.29, 0.717) is 24.9 Å². The topological polar surface area (TPSA) is 137 Å². The largest absolute Gasteiger partial charge is 0.376 e. The Morgan fingerprint density at radius 3 is 2.10 bits per heavy atom. The highest BCUT2D eigenvalue weighted by atomic mass is 32.2. The van der Waals surface area contributed by atoms with Crippen LogP contribution in [0.2, 0.25) is 0 Å². The molecule has 2 saturated carbocycles. The zero-order chi connectivity index (χ0) is 38.3. The monoisotopic (exact) mass is 709 g/mol. The van der Waals surface area contributed by atoms with Crippen LogP contribution in [-0.4, -0.2) is 69.2 Å². The molecule has 1 aromatic rings. The first-order valence-corrected chi connectivity index (χ1v) is 18.2. The van der Waals surface area contributed by atoms with Gasteiger partial charge in [0.1, 0.15) is 17.0 Å². The summed E-state index contributed by atoms with van der Waals surface area (Å²) in [5.41, 5.74) is 1.58. The van der Waals surface area contributed by atoms with Crippen molar-refractivity contribution in [3.63, 3.8) is 0 Å². The number of terminal acetylenes is 1. The van der Waals surface area contributed by atoms with Gasteiger partial charge in [-0.25, -0.2) is 4.21 Å². The second-order valence-electron chi connectivity index (χ2n) is 12.9. The van der Waals surface area contributed by atoms with Crippen LogP contribution < -0.4 is 20.7 Å². The van der Waals surface area contributed by atoms with Crippen molar-refractivity contribution in [3.8, 4) is 12.8 Å². The van der Waals surface area contributed by atoms with Gasteiger partial charge in [-0.3, -0.25) is 23.9 Å². The summed E-state index contributed by atoms with van der Waals surface area (Å²) in [6, 6.07) is 6.93. The molecule has 0 radical (unpaired) electrons. The fraction of sp³-hybridized carbons (Fsp3) is 0.487. The molecule has 1 unspecified atom stereocenters. The fourth-order valence-corrected chi connectivity index (χ4v) is 5.32. The Bertz CT molecular complexity index is 1330. The summed E-state index contributed by atoms with van der Waals surface area (Å²) >= 11 is 0. The third-order valence-electron chi connectivity index (χ3n) is 7.22. The normalized spacial score (nSPS) is 17.0. The van der Waals surface area contributed by atoms with Gasteiger partial charge in [0, 0.05) is 23.8 Å². The molecule has 50 heavy (non-hydrogen) atoms. The molecule has 0 bridgehead atoms. The van der Waals surface area contributed by atoms with E-state index in [0.717, 1.165) is 49.3 Å². The molecule has 276 valence electrons. The molecular weight excluding hydrogens is 651 g/mol. The van der Waals surface area contributed by atoms with E-state index >= 15 is 0 Å². The van der Waals surface area contributed by atoms with Crippen molar-refractivity contribution in [1.82, 2.24) is 20.3 Å². The van der Waals surface area contributed by atoms with Gasteiger partial charge in [-0.05, 0) is 95.1 Å². The molecule has 4 rings (SSSR count). The first-order chi connectivity index (χ1) is 23.8. The highest BCUT2D eigenvalue weighted by Gasteiger charge is 2.36. The number of likely N-dealkylation sites (tertiary alicyclic amines) is 1. The van der Waals surface area contributed by atoms with Crippen LogP contribution in [0.4, 0.5) is 5.69 Å². The maximum atomic E-state index is 12.8. The number of rotatable bonds is 13. The highest BCUT2D eigenvalue weighted by Crippen LogP contribution is 2.24. The number of nitrogens with one attached hydrogen (secondary N) is 4. The predicted octanol–water partition coefficient (Wildman–Crippen LogP) is 5.84. The molecular formula is C39H59N5O5S. The van der Waals surface area contributed by atoms with Gasteiger partial charge in [0.05, 0.1) is 17.3 Å². The number of anilines is 1. The zero-order valence-electron chi connectivity index (χ0n) is 30.8. The molecule has 2 atom stereocenters. The quantitative estimate of drug-likeness (QED) is 0.0880. The van der Waals surface area contributed by atoms with Crippen LogP contribution in [0.25, 0.3) is 0 Å². The van der Waals surface area contributed by atoms with Crippen molar-refractivity contribution < 1.29 is 23.4 Å². The first-order valence-electron chi connectivity index (χ1n) is 17.0. The van der Waals surface area contributed by atoms with Crippen LogP contribution in [0.5, 0.6) is 0 Å². The molecule has 2 aliphatic carbocycles. The number of carbonyl (C=O) groups is 4. The number of amides is 4. The van der Waals surface area contributed by atoms with Gasteiger partial charge in [0.25, 0.3) is 5.91 Å². The second kappa shape index (κ2) is 24.7. The van der Waals surface area contributed by atoms with E-state index in [-0.39, 0.29) is 41.6 Å². The smallest absolute Gasteiger partial charge is 0.251 e. The molecule has 11 heteroatoms. The molecule has 10 nitrogen and oxygen atoms in total. The Hall–Kier alpha value is -4.43. The lowest BCUT2D eigenvalue weighted by Crippen LogP contribution is -2.48. The number of hydrogen-bond acceptors (Lipinski definition) is 6. The second-order valence-corrected chi connectivity index (χ2v) is 14.4. The third kappa shape index (κ3) is 17.8. The summed E-state index contributed by atoms with van der Waals surface area (Å²) in [6.07, 6.45) is 21.6. The van der Waals surface area contributed by atoms with E-state index in [1.54, 1.807) is 35.2 Å². The number of nitrogens with zero attached hydrogens (tertiary/aromatic N) is 1. The van der Waals surface area contributed by atoms with E-state index in [9.17, 15) is 23.4 Å². The van der Waals surface area contributed by atoms with Gasteiger partial charge in [0.15, 0.2) is 0 Å². The van der Waals surface area contributed by atoms with E-state index < -0.39 is 16.5 Å². The minimum absolute atomic E-state index is 0.0354. The fourth-order valence-electron chi connectivity index (χ4n) is 4.47. The van der Waals surface area contributed by atoms with Crippen molar-refractivity contribution in [2.45, 2.75) is 103 Å². The van der Waals surface area contributed by atoms with Crippen molar-refractivity contribution in [1.29, 1.82) is 0 Å². The lowest BCUT2D eigenvalue weighted by molar-refractivity contribution is -0.137. The van der Waals surface area contributed by atoms with Gasteiger partial charge in [-0.1, -0.05) is 51.7 Å². The lowest BCUT2D eigenvalue weighted by atomic mass is 9.93. The van der Waals surface area contributed by atoms with Crippen molar-refractivity contribution in [2.24, 2.45) is 5.92 Å². The molecule has 4 N–H and O–H groups in total. The van der Waals surface area contributed by atoms with Crippen LogP contribution in [0, 0.1) is 18.8 Å². The summed E-state index contributed by atoms with van der Waals surface area (Å²) in [5, 5.41) is 9.41. The minimum Gasteiger partial charge on any atom is -0.376 e. The van der Waals surface area contributed by atoms with Crippen LogP contribution >= 0.6 is 0 Å².